The molecule has 0 aliphatic carbocycles. The van der Waals surface area contributed by atoms with Crippen LogP contribution in [0.3, 0.4) is 0 Å². The van der Waals surface area contributed by atoms with Crippen molar-refractivity contribution in [2.45, 2.75) is 33.2 Å². The summed E-state index contributed by atoms with van der Waals surface area (Å²) in [6.07, 6.45) is 1.16. The lowest BCUT2D eigenvalue weighted by molar-refractivity contribution is 0.561. The Morgan fingerprint density at radius 1 is 1.41 bits per heavy atom. The molecule has 0 bridgehead atoms. The van der Waals surface area contributed by atoms with E-state index in [4.69, 9.17) is 4.98 Å². The van der Waals surface area contributed by atoms with Gasteiger partial charge < -0.3 is 5.32 Å². The molecule has 2 nitrogen and oxygen atoms in total. The average Bonchev–Trinajstić information content (AvgIpc) is 2.93. The summed E-state index contributed by atoms with van der Waals surface area (Å²) in [5.74, 6) is 0. The van der Waals surface area contributed by atoms with Crippen LogP contribution in [0.4, 0.5) is 0 Å². The molecule has 2 rings (SSSR count). The van der Waals surface area contributed by atoms with E-state index in [0.717, 1.165) is 23.7 Å². The van der Waals surface area contributed by atoms with Gasteiger partial charge in [0.15, 0.2) is 0 Å². The normalized spacial score (nSPS) is 12.9. The molecule has 1 atom stereocenters. The molecule has 2 aromatic heterocycles. The fraction of sp³-hybridized carbons (Fsp3) is 0.462. The highest BCUT2D eigenvalue weighted by molar-refractivity contribution is 7.20. The summed E-state index contributed by atoms with van der Waals surface area (Å²) in [5, 5.41) is 8.92. The summed E-state index contributed by atoms with van der Waals surface area (Å²) in [6.45, 7) is 7.55. The Labute approximate surface area is 111 Å². The molecular weight excluding hydrogens is 248 g/mol. The summed E-state index contributed by atoms with van der Waals surface area (Å²) in [5.41, 5.74) is 2.48. The van der Waals surface area contributed by atoms with Gasteiger partial charge >= 0.3 is 0 Å². The van der Waals surface area contributed by atoms with Gasteiger partial charge in [-0.15, -0.1) is 22.7 Å². The second kappa shape index (κ2) is 5.76. The van der Waals surface area contributed by atoms with Gasteiger partial charge in [-0.3, -0.25) is 0 Å². The van der Waals surface area contributed by atoms with Crippen LogP contribution in [0.25, 0.3) is 9.88 Å². The Balaban J connectivity index is 2.13. The molecule has 1 N–H and O–H groups in total. The van der Waals surface area contributed by atoms with Gasteiger partial charge in [0.25, 0.3) is 0 Å². The maximum absolute atomic E-state index is 4.73. The van der Waals surface area contributed by atoms with Crippen molar-refractivity contribution in [3.8, 4) is 9.88 Å². The average molecular weight is 266 g/mol. The highest BCUT2D eigenvalue weighted by Gasteiger charge is 2.12. The number of hydrogen-bond acceptors (Lipinski definition) is 4. The first kappa shape index (κ1) is 12.7. The standard InChI is InChI=1S/C13H18N2S2/c1-4-6-14-10(3)11-8-17-13(15-11)12-9(2)5-7-16-12/h5,7-8,10,14H,4,6H2,1-3H3. The molecule has 2 aromatic rings. The van der Waals surface area contributed by atoms with Crippen LogP contribution in [-0.2, 0) is 0 Å². The van der Waals surface area contributed by atoms with E-state index >= 15 is 0 Å². The van der Waals surface area contributed by atoms with Crippen molar-refractivity contribution in [1.29, 1.82) is 0 Å². The first-order valence-electron chi connectivity index (χ1n) is 5.95. The van der Waals surface area contributed by atoms with Crippen molar-refractivity contribution in [2.24, 2.45) is 0 Å². The first-order valence-corrected chi connectivity index (χ1v) is 7.71. The number of thiophene rings is 1. The largest absolute Gasteiger partial charge is 0.309 e. The smallest absolute Gasteiger partial charge is 0.133 e. The summed E-state index contributed by atoms with van der Waals surface area (Å²) >= 11 is 3.52. The van der Waals surface area contributed by atoms with Crippen molar-refractivity contribution in [2.75, 3.05) is 6.54 Å². The monoisotopic (exact) mass is 266 g/mol. The second-order valence-electron chi connectivity index (χ2n) is 4.19. The Hall–Kier alpha value is -0.710. The van der Waals surface area contributed by atoms with Gasteiger partial charge in [-0.05, 0) is 43.8 Å². The van der Waals surface area contributed by atoms with E-state index in [1.54, 1.807) is 22.7 Å². The quantitative estimate of drug-likeness (QED) is 0.875. The van der Waals surface area contributed by atoms with E-state index in [1.807, 2.05) is 0 Å². The zero-order chi connectivity index (χ0) is 12.3. The second-order valence-corrected chi connectivity index (χ2v) is 5.96. The Morgan fingerprint density at radius 3 is 2.88 bits per heavy atom. The molecule has 0 aromatic carbocycles. The molecule has 0 amide bonds. The van der Waals surface area contributed by atoms with Crippen LogP contribution >= 0.6 is 22.7 Å². The predicted octanol–water partition coefficient (Wildman–Crippen LogP) is 4.24. The SMILES string of the molecule is CCCNC(C)c1csc(-c2sccc2C)n1. The Morgan fingerprint density at radius 2 is 2.24 bits per heavy atom. The van der Waals surface area contributed by atoms with E-state index in [-0.39, 0.29) is 0 Å². The highest BCUT2D eigenvalue weighted by atomic mass is 32.1. The van der Waals surface area contributed by atoms with Gasteiger partial charge in [-0.1, -0.05) is 6.92 Å². The van der Waals surface area contributed by atoms with Crippen LogP contribution in [0.1, 0.15) is 37.6 Å². The summed E-state index contributed by atoms with van der Waals surface area (Å²) in [6, 6.07) is 2.50. The summed E-state index contributed by atoms with van der Waals surface area (Å²) in [4.78, 5) is 6.04. The maximum atomic E-state index is 4.73. The van der Waals surface area contributed by atoms with Crippen molar-refractivity contribution < 1.29 is 0 Å². The maximum Gasteiger partial charge on any atom is 0.133 e. The van der Waals surface area contributed by atoms with Crippen molar-refractivity contribution in [1.82, 2.24) is 10.3 Å². The zero-order valence-corrected chi connectivity index (χ0v) is 12.1. The predicted molar refractivity (Wildman–Crippen MR) is 76.9 cm³/mol. The highest BCUT2D eigenvalue weighted by Crippen LogP contribution is 2.32. The minimum atomic E-state index is 0.347. The fourth-order valence-electron chi connectivity index (χ4n) is 1.65. The van der Waals surface area contributed by atoms with Gasteiger partial charge in [0.1, 0.15) is 5.01 Å². The van der Waals surface area contributed by atoms with Gasteiger partial charge in [0, 0.05) is 11.4 Å². The van der Waals surface area contributed by atoms with Crippen LogP contribution < -0.4 is 5.32 Å². The number of hydrogen-bond donors (Lipinski definition) is 1. The zero-order valence-electron chi connectivity index (χ0n) is 10.5. The molecule has 0 radical (unpaired) electrons. The lowest BCUT2D eigenvalue weighted by atomic mass is 10.2. The third-order valence-corrected chi connectivity index (χ3v) is 4.75. The molecule has 2 heterocycles. The van der Waals surface area contributed by atoms with E-state index in [0.29, 0.717) is 6.04 Å². The molecule has 1 unspecified atom stereocenters. The van der Waals surface area contributed by atoms with Crippen LogP contribution in [0.5, 0.6) is 0 Å². The van der Waals surface area contributed by atoms with Gasteiger partial charge in [-0.2, -0.15) is 0 Å². The molecule has 0 spiro atoms. The van der Waals surface area contributed by atoms with E-state index in [2.05, 4.69) is 42.9 Å². The molecular formula is C13H18N2S2. The third-order valence-electron chi connectivity index (χ3n) is 2.72. The minimum absolute atomic E-state index is 0.347. The van der Waals surface area contributed by atoms with Crippen LogP contribution in [0, 0.1) is 6.92 Å². The molecule has 0 aliphatic rings. The summed E-state index contributed by atoms with van der Waals surface area (Å²) in [7, 11) is 0. The topological polar surface area (TPSA) is 24.9 Å². The van der Waals surface area contributed by atoms with E-state index in [9.17, 15) is 0 Å². The lowest BCUT2D eigenvalue weighted by Crippen LogP contribution is -2.19. The van der Waals surface area contributed by atoms with Crippen LogP contribution in [-0.4, -0.2) is 11.5 Å². The minimum Gasteiger partial charge on any atom is -0.309 e. The molecule has 17 heavy (non-hydrogen) atoms. The van der Waals surface area contributed by atoms with E-state index < -0.39 is 0 Å². The van der Waals surface area contributed by atoms with Crippen molar-refractivity contribution >= 4 is 22.7 Å². The lowest BCUT2D eigenvalue weighted by Gasteiger charge is -2.09. The molecule has 0 saturated carbocycles. The number of thiazole rings is 1. The number of nitrogens with one attached hydrogen (secondary N) is 1. The van der Waals surface area contributed by atoms with Gasteiger partial charge in [0.2, 0.25) is 0 Å². The fourth-order valence-corrected chi connectivity index (χ4v) is 3.66. The van der Waals surface area contributed by atoms with Crippen LogP contribution in [0.15, 0.2) is 16.8 Å². The molecule has 0 aliphatic heterocycles. The number of rotatable bonds is 5. The first-order chi connectivity index (χ1) is 8.22. The molecule has 92 valence electrons. The number of aromatic nitrogens is 1. The third kappa shape index (κ3) is 2.94. The summed E-state index contributed by atoms with van der Waals surface area (Å²) < 4.78 is 0. The molecule has 4 heteroatoms. The van der Waals surface area contributed by atoms with Crippen molar-refractivity contribution in [3.05, 3.63) is 28.1 Å². The Bertz CT molecular complexity index is 473. The number of nitrogens with zero attached hydrogens (tertiary/aromatic N) is 1. The Kier molecular flexibility index (Phi) is 4.31. The van der Waals surface area contributed by atoms with E-state index in [1.165, 1.54) is 10.4 Å². The molecule has 0 saturated heterocycles. The van der Waals surface area contributed by atoms with Gasteiger partial charge in [0.05, 0.1) is 10.6 Å². The van der Waals surface area contributed by atoms with Crippen LogP contribution in [0.2, 0.25) is 0 Å². The number of aryl methyl sites for hydroxylation is 1. The molecule has 0 fully saturated rings. The van der Waals surface area contributed by atoms with Crippen molar-refractivity contribution in [3.63, 3.8) is 0 Å². The van der Waals surface area contributed by atoms with Gasteiger partial charge in [-0.25, -0.2) is 4.98 Å².